The van der Waals surface area contributed by atoms with Gasteiger partial charge >= 0.3 is 0 Å². The van der Waals surface area contributed by atoms with E-state index in [0.29, 0.717) is 34.9 Å². The first-order valence-electron chi connectivity index (χ1n) is 6.80. The van der Waals surface area contributed by atoms with Gasteiger partial charge in [0.05, 0.1) is 12.7 Å². The van der Waals surface area contributed by atoms with Gasteiger partial charge in [0.15, 0.2) is 0 Å². The quantitative estimate of drug-likeness (QED) is 0.833. The maximum atomic E-state index is 12.2. The topological polar surface area (TPSA) is 55.4 Å². The zero-order chi connectivity index (χ0) is 15.9. The van der Waals surface area contributed by atoms with Crippen LogP contribution in [0.25, 0.3) is 0 Å². The van der Waals surface area contributed by atoms with E-state index in [9.17, 15) is 9.59 Å². The molecule has 0 bridgehead atoms. The Hall–Kier alpha value is -2.33. The van der Waals surface area contributed by atoms with Gasteiger partial charge in [-0.15, -0.1) is 0 Å². The molecule has 0 heterocycles. The second-order valence-corrected chi connectivity index (χ2v) is 5.15. The summed E-state index contributed by atoms with van der Waals surface area (Å²) >= 11 is 5.91. The highest BCUT2D eigenvalue weighted by Crippen LogP contribution is 2.22. The molecule has 0 aliphatic carbocycles. The second-order valence-electron chi connectivity index (χ2n) is 4.71. The van der Waals surface area contributed by atoms with E-state index in [1.807, 2.05) is 12.1 Å². The summed E-state index contributed by atoms with van der Waals surface area (Å²) in [4.78, 5) is 22.8. The van der Waals surface area contributed by atoms with Crippen LogP contribution in [0.4, 0.5) is 0 Å². The number of nitrogens with one attached hydrogen (secondary N) is 1. The van der Waals surface area contributed by atoms with Crippen molar-refractivity contribution in [3.8, 4) is 5.75 Å². The van der Waals surface area contributed by atoms with Gasteiger partial charge in [0.2, 0.25) is 0 Å². The van der Waals surface area contributed by atoms with Crippen LogP contribution in [0, 0.1) is 0 Å². The lowest BCUT2D eigenvalue weighted by atomic mass is 10.1. The molecule has 5 heteroatoms. The normalized spacial score (nSPS) is 10.1. The lowest BCUT2D eigenvalue weighted by Crippen LogP contribution is -2.26. The molecule has 0 fully saturated rings. The first kappa shape index (κ1) is 16.0. The van der Waals surface area contributed by atoms with Crippen LogP contribution in [0.3, 0.4) is 0 Å². The maximum Gasteiger partial charge on any atom is 0.255 e. The number of carbonyl (C=O) groups excluding carboxylic acids is 2. The third-order valence-corrected chi connectivity index (χ3v) is 3.46. The van der Waals surface area contributed by atoms with Crippen molar-refractivity contribution in [2.24, 2.45) is 0 Å². The van der Waals surface area contributed by atoms with E-state index in [4.69, 9.17) is 16.3 Å². The van der Waals surface area contributed by atoms with Crippen LogP contribution in [0.15, 0.2) is 42.5 Å². The van der Waals surface area contributed by atoms with E-state index in [1.54, 1.807) is 30.3 Å². The minimum atomic E-state index is -0.233. The van der Waals surface area contributed by atoms with Crippen molar-refractivity contribution in [2.75, 3.05) is 13.7 Å². The minimum Gasteiger partial charge on any atom is -0.496 e. The third-order valence-electron chi connectivity index (χ3n) is 3.22. The van der Waals surface area contributed by atoms with Crippen molar-refractivity contribution in [1.29, 1.82) is 0 Å². The zero-order valence-corrected chi connectivity index (χ0v) is 12.9. The van der Waals surface area contributed by atoms with Crippen LogP contribution in [0.1, 0.15) is 26.3 Å². The van der Waals surface area contributed by atoms with Crippen LogP contribution in [0.5, 0.6) is 5.75 Å². The number of ether oxygens (including phenoxy) is 1. The lowest BCUT2D eigenvalue weighted by molar-refractivity contribution is 0.0951. The van der Waals surface area contributed by atoms with Gasteiger partial charge in [-0.1, -0.05) is 35.9 Å². The molecule has 2 aromatic rings. The highest BCUT2D eigenvalue weighted by Gasteiger charge is 2.12. The van der Waals surface area contributed by atoms with Crippen molar-refractivity contribution < 1.29 is 14.3 Å². The van der Waals surface area contributed by atoms with Crippen molar-refractivity contribution in [2.45, 2.75) is 6.42 Å². The predicted molar refractivity (Wildman–Crippen MR) is 85.9 cm³/mol. The molecular weight excluding hydrogens is 302 g/mol. The van der Waals surface area contributed by atoms with Crippen molar-refractivity contribution in [3.63, 3.8) is 0 Å². The number of amides is 1. The summed E-state index contributed by atoms with van der Waals surface area (Å²) in [5, 5.41) is 3.31. The molecule has 0 spiro atoms. The largest absolute Gasteiger partial charge is 0.496 e. The highest BCUT2D eigenvalue weighted by molar-refractivity contribution is 6.31. The highest BCUT2D eigenvalue weighted by atomic mass is 35.5. The molecule has 1 amide bonds. The summed E-state index contributed by atoms with van der Waals surface area (Å²) in [5.74, 6) is 0.251. The van der Waals surface area contributed by atoms with Crippen molar-refractivity contribution >= 4 is 23.8 Å². The fraction of sp³-hybridized carbons (Fsp3) is 0.176. The van der Waals surface area contributed by atoms with Crippen molar-refractivity contribution in [1.82, 2.24) is 5.32 Å². The Labute approximate surface area is 134 Å². The lowest BCUT2D eigenvalue weighted by Gasteiger charge is -2.10. The average molecular weight is 318 g/mol. The molecular formula is C17H16ClNO3. The molecule has 0 saturated heterocycles. The van der Waals surface area contributed by atoms with Gasteiger partial charge in [-0.2, -0.15) is 0 Å². The summed E-state index contributed by atoms with van der Waals surface area (Å²) in [6.45, 7) is 0.481. The SMILES string of the molecule is COc1ccc(Cl)cc1C(=O)NCCc1ccc(C=O)cc1. The van der Waals surface area contributed by atoms with Crippen molar-refractivity contribution in [3.05, 3.63) is 64.2 Å². The second kappa shape index (κ2) is 7.61. The van der Waals surface area contributed by atoms with E-state index < -0.39 is 0 Å². The van der Waals surface area contributed by atoms with Crippen LogP contribution < -0.4 is 10.1 Å². The Kier molecular flexibility index (Phi) is 5.55. The molecule has 0 atom stereocenters. The van der Waals surface area contributed by atoms with Gasteiger partial charge in [0, 0.05) is 17.1 Å². The number of halogens is 1. The molecule has 114 valence electrons. The van der Waals surface area contributed by atoms with Gasteiger partial charge in [-0.25, -0.2) is 0 Å². The van der Waals surface area contributed by atoms with E-state index in [-0.39, 0.29) is 5.91 Å². The molecule has 2 aromatic carbocycles. The number of rotatable bonds is 6. The van der Waals surface area contributed by atoms with Gasteiger partial charge in [-0.05, 0) is 30.2 Å². The molecule has 22 heavy (non-hydrogen) atoms. The first-order chi connectivity index (χ1) is 10.6. The molecule has 0 aromatic heterocycles. The van der Waals surface area contributed by atoms with Crippen LogP contribution in [0.2, 0.25) is 5.02 Å². The maximum absolute atomic E-state index is 12.2. The smallest absolute Gasteiger partial charge is 0.255 e. The number of aldehydes is 1. The Balaban J connectivity index is 1.95. The summed E-state index contributed by atoms with van der Waals surface area (Å²) in [6, 6.07) is 12.2. The summed E-state index contributed by atoms with van der Waals surface area (Å²) in [7, 11) is 1.51. The Morgan fingerprint density at radius 2 is 1.95 bits per heavy atom. The number of carbonyl (C=O) groups is 2. The number of benzene rings is 2. The van der Waals surface area contributed by atoms with Gasteiger partial charge < -0.3 is 10.1 Å². The Morgan fingerprint density at radius 1 is 1.23 bits per heavy atom. The van der Waals surface area contributed by atoms with E-state index in [2.05, 4.69) is 5.32 Å². The average Bonchev–Trinajstić information content (AvgIpc) is 2.55. The summed E-state index contributed by atoms with van der Waals surface area (Å²) in [5.41, 5.74) is 2.09. The van der Waals surface area contributed by atoms with Crippen LogP contribution in [-0.2, 0) is 6.42 Å². The fourth-order valence-electron chi connectivity index (χ4n) is 2.04. The van der Waals surface area contributed by atoms with E-state index >= 15 is 0 Å². The third kappa shape index (κ3) is 4.09. The predicted octanol–water partition coefficient (Wildman–Crippen LogP) is 3.13. The summed E-state index contributed by atoms with van der Waals surface area (Å²) in [6.07, 6.45) is 1.48. The molecule has 0 radical (unpaired) electrons. The van der Waals surface area contributed by atoms with Gasteiger partial charge in [0.1, 0.15) is 12.0 Å². The molecule has 0 aliphatic heterocycles. The standard InChI is InChI=1S/C17H16ClNO3/c1-22-16-7-6-14(18)10-15(16)17(21)19-9-8-12-2-4-13(11-20)5-3-12/h2-7,10-11H,8-9H2,1H3,(H,19,21). The minimum absolute atomic E-state index is 0.233. The Bertz CT molecular complexity index is 668. The van der Waals surface area contributed by atoms with Gasteiger partial charge in [0.25, 0.3) is 5.91 Å². The monoisotopic (exact) mass is 317 g/mol. The summed E-state index contributed by atoms with van der Waals surface area (Å²) < 4.78 is 5.16. The number of hydrogen-bond acceptors (Lipinski definition) is 3. The Morgan fingerprint density at radius 3 is 2.59 bits per heavy atom. The molecule has 1 N–H and O–H groups in total. The molecule has 0 saturated carbocycles. The molecule has 2 rings (SSSR count). The van der Waals surface area contributed by atoms with Crippen LogP contribution in [-0.4, -0.2) is 25.8 Å². The first-order valence-corrected chi connectivity index (χ1v) is 7.17. The van der Waals surface area contributed by atoms with Crippen LogP contribution >= 0.6 is 11.6 Å². The number of methoxy groups -OCH3 is 1. The molecule has 0 aliphatic rings. The van der Waals surface area contributed by atoms with E-state index in [1.165, 1.54) is 7.11 Å². The zero-order valence-electron chi connectivity index (χ0n) is 12.1. The molecule has 0 unspecified atom stereocenters. The van der Waals surface area contributed by atoms with E-state index in [0.717, 1.165) is 11.8 Å². The number of hydrogen-bond donors (Lipinski definition) is 1. The molecule has 4 nitrogen and oxygen atoms in total. The fourth-order valence-corrected chi connectivity index (χ4v) is 2.21. The van der Waals surface area contributed by atoms with Gasteiger partial charge in [-0.3, -0.25) is 9.59 Å².